The lowest BCUT2D eigenvalue weighted by molar-refractivity contribution is -0.113. The summed E-state index contributed by atoms with van der Waals surface area (Å²) >= 11 is 1.53. The van der Waals surface area contributed by atoms with Crippen molar-refractivity contribution in [2.75, 3.05) is 23.1 Å². The van der Waals surface area contributed by atoms with Crippen molar-refractivity contribution in [3.05, 3.63) is 12.1 Å². The highest BCUT2D eigenvalue weighted by molar-refractivity contribution is 7.98. The Morgan fingerprint density at radius 1 is 1.53 bits per heavy atom. The summed E-state index contributed by atoms with van der Waals surface area (Å²) in [5.41, 5.74) is 6.86. The van der Waals surface area contributed by atoms with Gasteiger partial charge >= 0.3 is 0 Å². The first-order chi connectivity index (χ1) is 7.11. The lowest BCUT2D eigenvalue weighted by Gasteiger charge is -2.18. The molecule has 0 fully saturated rings. The normalized spacial score (nSPS) is 19.5. The van der Waals surface area contributed by atoms with E-state index >= 15 is 0 Å². The molecular formula is C9H10N2O2S2. The molecule has 0 spiro atoms. The van der Waals surface area contributed by atoms with Crippen LogP contribution in [0, 0.1) is 0 Å². The molecule has 15 heavy (non-hydrogen) atoms. The molecule has 1 amide bonds. The van der Waals surface area contributed by atoms with Crippen LogP contribution in [0.25, 0.3) is 0 Å². The van der Waals surface area contributed by atoms with E-state index in [0.29, 0.717) is 16.3 Å². The molecule has 6 heteroatoms. The second-order valence-electron chi connectivity index (χ2n) is 3.13. The van der Waals surface area contributed by atoms with E-state index in [9.17, 15) is 9.00 Å². The van der Waals surface area contributed by atoms with Gasteiger partial charge in [0.25, 0.3) is 0 Å². The summed E-state index contributed by atoms with van der Waals surface area (Å²) in [6, 6.07) is 3.57. The van der Waals surface area contributed by atoms with Crippen LogP contribution < -0.4 is 11.1 Å². The monoisotopic (exact) mass is 242 g/mol. The minimum Gasteiger partial charge on any atom is -0.398 e. The van der Waals surface area contributed by atoms with E-state index in [1.54, 1.807) is 12.1 Å². The lowest BCUT2D eigenvalue weighted by Crippen LogP contribution is -2.26. The number of rotatable bonds is 1. The third-order valence-corrected chi connectivity index (χ3v) is 4.23. The molecule has 0 radical (unpaired) electrons. The van der Waals surface area contributed by atoms with Gasteiger partial charge in [0.15, 0.2) is 0 Å². The summed E-state index contributed by atoms with van der Waals surface area (Å²) in [5, 5.41) is 2.68. The van der Waals surface area contributed by atoms with E-state index in [4.69, 9.17) is 5.73 Å². The molecule has 1 aliphatic heterocycles. The summed E-state index contributed by atoms with van der Waals surface area (Å²) in [4.78, 5) is 12.7. The summed E-state index contributed by atoms with van der Waals surface area (Å²) in [6.45, 7) is 0. The number of benzene rings is 1. The molecule has 0 aliphatic carbocycles. The van der Waals surface area contributed by atoms with Crippen molar-refractivity contribution in [1.82, 2.24) is 0 Å². The Morgan fingerprint density at radius 3 is 2.93 bits per heavy atom. The largest absolute Gasteiger partial charge is 0.398 e. The van der Waals surface area contributed by atoms with Gasteiger partial charge in [-0.05, 0) is 18.4 Å². The molecule has 0 aromatic heterocycles. The van der Waals surface area contributed by atoms with Crippen LogP contribution in [0.15, 0.2) is 21.9 Å². The second-order valence-corrected chi connectivity index (χ2v) is 5.40. The van der Waals surface area contributed by atoms with E-state index in [1.165, 1.54) is 11.8 Å². The summed E-state index contributed by atoms with van der Waals surface area (Å²) in [7, 11) is -1.31. The quantitative estimate of drug-likeness (QED) is 0.570. The highest BCUT2D eigenvalue weighted by Gasteiger charge is 2.24. The first kappa shape index (κ1) is 10.5. The number of nitrogen functional groups attached to an aromatic ring is 1. The highest BCUT2D eigenvalue weighted by Crippen LogP contribution is 2.33. The molecule has 0 saturated heterocycles. The number of carbonyl (C=O) groups excluding carboxylic acids is 1. The van der Waals surface area contributed by atoms with E-state index in [1.807, 2.05) is 6.26 Å². The number of anilines is 2. The molecule has 1 heterocycles. The van der Waals surface area contributed by atoms with Crippen molar-refractivity contribution in [3.8, 4) is 0 Å². The average Bonchev–Trinajstić information content (AvgIpc) is 2.15. The number of hydrogen-bond donors (Lipinski definition) is 2. The number of hydrogen-bond acceptors (Lipinski definition) is 4. The molecule has 1 atom stereocenters. The fraction of sp³-hybridized carbons (Fsp3) is 0.222. The summed E-state index contributed by atoms with van der Waals surface area (Å²) in [6.07, 6.45) is 1.92. The number of fused-ring (bicyclic) bond motifs is 1. The zero-order valence-electron chi connectivity index (χ0n) is 8.07. The Kier molecular flexibility index (Phi) is 2.70. The highest BCUT2D eigenvalue weighted by atomic mass is 32.2. The molecule has 2 rings (SSSR count). The van der Waals surface area contributed by atoms with Gasteiger partial charge in [0, 0.05) is 4.90 Å². The number of amides is 1. The van der Waals surface area contributed by atoms with Gasteiger partial charge in [0.1, 0.15) is 5.75 Å². The van der Waals surface area contributed by atoms with Gasteiger partial charge in [-0.25, -0.2) is 0 Å². The van der Waals surface area contributed by atoms with Crippen LogP contribution >= 0.6 is 11.8 Å². The van der Waals surface area contributed by atoms with Gasteiger partial charge in [0.2, 0.25) is 5.91 Å². The smallest absolute Gasteiger partial charge is 0.237 e. The van der Waals surface area contributed by atoms with Gasteiger partial charge in [-0.1, -0.05) is 0 Å². The van der Waals surface area contributed by atoms with Crippen molar-refractivity contribution >= 4 is 39.8 Å². The fourth-order valence-corrected chi connectivity index (χ4v) is 3.08. The maximum Gasteiger partial charge on any atom is 0.237 e. The van der Waals surface area contributed by atoms with Crippen molar-refractivity contribution < 1.29 is 9.00 Å². The summed E-state index contributed by atoms with van der Waals surface area (Å²) in [5.74, 6) is -0.228. The van der Waals surface area contributed by atoms with Crippen LogP contribution in [0.5, 0.6) is 0 Å². The third kappa shape index (κ3) is 1.87. The first-order valence-corrected chi connectivity index (χ1v) is 6.82. The molecular weight excluding hydrogens is 232 g/mol. The fourth-order valence-electron chi connectivity index (χ4n) is 1.47. The van der Waals surface area contributed by atoms with Crippen molar-refractivity contribution in [1.29, 1.82) is 0 Å². The molecule has 4 nitrogen and oxygen atoms in total. The van der Waals surface area contributed by atoms with Gasteiger partial charge in [0.05, 0.1) is 27.1 Å². The van der Waals surface area contributed by atoms with Crippen LogP contribution in [0.3, 0.4) is 0 Å². The molecule has 0 bridgehead atoms. The zero-order chi connectivity index (χ0) is 11.0. The van der Waals surface area contributed by atoms with Crippen LogP contribution in [0.4, 0.5) is 11.4 Å². The van der Waals surface area contributed by atoms with Crippen LogP contribution in [0.1, 0.15) is 0 Å². The minimum atomic E-state index is -1.31. The van der Waals surface area contributed by atoms with Crippen molar-refractivity contribution in [3.63, 3.8) is 0 Å². The SMILES string of the molecule is CSc1cc(N)c2c(c1)NC(=O)CS2=O. The Hall–Kier alpha value is -1.01. The Balaban J connectivity index is 2.59. The molecule has 1 unspecified atom stereocenters. The molecule has 0 saturated carbocycles. The van der Waals surface area contributed by atoms with E-state index in [-0.39, 0.29) is 11.7 Å². The molecule has 1 aromatic rings. The third-order valence-electron chi connectivity index (χ3n) is 2.09. The Morgan fingerprint density at radius 2 is 2.27 bits per heavy atom. The topological polar surface area (TPSA) is 72.2 Å². The standard InChI is InChI=1S/C9H10N2O2S2/c1-14-5-2-6(10)9-7(3-5)11-8(12)4-15(9)13/h2-3H,4,10H2,1H3,(H,11,12). The van der Waals surface area contributed by atoms with Crippen molar-refractivity contribution in [2.45, 2.75) is 9.79 Å². The number of nitrogens with two attached hydrogens (primary N) is 1. The maximum atomic E-state index is 11.7. The predicted molar refractivity (Wildman–Crippen MR) is 62.5 cm³/mol. The number of nitrogens with one attached hydrogen (secondary N) is 1. The van der Waals surface area contributed by atoms with Crippen LogP contribution in [0.2, 0.25) is 0 Å². The molecule has 1 aromatic carbocycles. The minimum absolute atomic E-state index is 0.00415. The lowest BCUT2D eigenvalue weighted by atomic mass is 10.2. The zero-order valence-corrected chi connectivity index (χ0v) is 9.71. The van der Waals surface area contributed by atoms with E-state index in [0.717, 1.165) is 4.90 Å². The van der Waals surface area contributed by atoms with Gasteiger partial charge in [-0.2, -0.15) is 0 Å². The average molecular weight is 242 g/mol. The predicted octanol–water partition coefficient (Wildman–Crippen LogP) is 1.05. The molecule has 80 valence electrons. The van der Waals surface area contributed by atoms with E-state index < -0.39 is 10.8 Å². The second kappa shape index (κ2) is 3.86. The van der Waals surface area contributed by atoms with E-state index in [2.05, 4.69) is 5.32 Å². The number of carbonyl (C=O) groups is 1. The Labute approximate surface area is 94.1 Å². The Bertz CT molecular complexity index is 460. The molecule has 3 N–H and O–H groups in total. The van der Waals surface area contributed by atoms with Gasteiger partial charge in [-0.15, -0.1) is 11.8 Å². The van der Waals surface area contributed by atoms with Crippen LogP contribution in [-0.2, 0) is 15.6 Å². The summed E-state index contributed by atoms with van der Waals surface area (Å²) < 4.78 is 11.7. The van der Waals surface area contributed by atoms with Gasteiger partial charge < -0.3 is 11.1 Å². The maximum absolute atomic E-state index is 11.7. The molecule has 1 aliphatic rings. The first-order valence-electron chi connectivity index (χ1n) is 4.27. The number of thioether (sulfide) groups is 1. The van der Waals surface area contributed by atoms with Crippen molar-refractivity contribution in [2.24, 2.45) is 0 Å². The van der Waals surface area contributed by atoms with Crippen LogP contribution in [-0.4, -0.2) is 22.1 Å². The van der Waals surface area contributed by atoms with Gasteiger partial charge in [-0.3, -0.25) is 9.00 Å².